The summed E-state index contributed by atoms with van der Waals surface area (Å²) < 4.78 is 33.0. The van der Waals surface area contributed by atoms with Gasteiger partial charge in [0.2, 0.25) is 10.0 Å². The van der Waals surface area contributed by atoms with Crippen LogP contribution in [0.15, 0.2) is 58.8 Å². The third-order valence-electron chi connectivity index (χ3n) is 5.65. The number of piperidine rings is 1. The molecule has 0 bridgehead atoms. The number of sulfonamides is 1. The molecule has 2 aromatic carbocycles. The molecule has 4 rings (SSSR count). The molecule has 7 nitrogen and oxygen atoms in total. The summed E-state index contributed by atoms with van der Waals surface area (Å²) in [6.07, 6.45) is 2.78. The fourth-order valence-electron chi connectivity index (χ4n) is 3.86. The van der Waals surface area contributed by atoms with Crippen molar-refractivity contribution in [2.45, 2.75) is 44.0 Å². The Bertz CT molecular complexity index is 1210. The van der Waals surface area contributed by atoms with Crippen molar-refractivity contribution in [3.8, 4) is 17.0 Å². The van der Waals surface area contributed by atoms with Crippen LogP contribution in [0.1, 0.15) is 43.5 Å². The Morgan fingerprint density at radius 3 is 2.55 bits per heavy atom. The standard InChI is InChI=1S/C24H27N3O4S2/c1-3-31-20-11-7-18(8-12-20)22-16-32-24(25-22)26-23(28)19-9-13-21(14-10-19)33(29,30)27-15-5-4-6-17(27)2/h7-14,16-17H,3-6,15H2,1-2H3,(H,25,26,28). The smallest absolute Gasteiger partial charge is 0.257 e. The van der Waals surface area contributed by atoms with Gasteiger partial charge < -0.3 is 4.74 Å². The molecular weight excluding hydrogens is 458 g/mol. The number of hydrogen-bond donors (Lipinski definition) is 1. The van der Waals surface area contributed by atoms with Gasteiger partial charge >= 0.3 is 0 Å². The van der Waals surface area contributed by atoms with Gasteiger partial charge in [0.1, 0.15) is 5.75 Å². The van der Waals surface area contributed by atoms with Crippen LogP contribution in [0.5, 0.6) is 5.75 Å². The number of carbonyl (C=O) groups excluding carboxylic acids is 1. The lowest BCUT2D eigenvalue weighted by Crippen LogP contribution is -2.41. The van der Waals surface area contributed by atoms with Crippen molar-refractivity contribution < 1.29 is 17.9 Å². The minimum atomic E-state index is -3.56. The monoisotopic (exact) mass is 485 g/mol. The van der Waals surface area contributed by atoms with Crippen LogP contribution in [0.3, 0.4) is 0 Å². The number of rotatable bonds is 7. The lowest BCUT2D eigenvalue weighted by molar-refractivity contribution is 0.102. The Hall–Kier alpha value is -2.75. The number of thiazole rings is 1. The molecular formula is C24H27N3O4S2. The Labute approximate surface area is 198 Å². The predicted octanol–water partition coefficient (Wildman–Crippen LogP) is 5.02. The summed E-state index contributed by atoms with van der Waals surface area (Å²) in [5.74, 6) is 0.461. The van der Waals surface area contributed by atoms with Crippen molar-refractivity contribution in [1.82, 2.24) is 9.29 Å². The molecule has 1 saturated heterocycles. The van der Waals surface area contributed by atoms with Crippen molar-refractivity contribution in [3.63, 3.8) is 0 Å². The van der Waals surface area contributed by atoms with E-state index in [0.717, 1.165) is 36.3 Å². The Morgan fingerprint density at radius 1 is 1.15 bits per heavy atom. The van der Waals surface area contributed by atoms with Crippen LogP contribution in [-0.2, 0) is 10.0 Å². The van der Waals surface area contributed by atoms with Gasteiger partial charge in [-0.05, 0) is 75.2 Å². The molecule has 1 atom stereocenters. The van der Waals surface area contributed by atoms with Gasteiger partial charge in [-0.1, -0.05) is 6.42 Å². The normalized spacial score (nSPS) is 17.0. The molecule has 9 heteroatoms. The zero-order valence-electron chi connectivity index (χ0n) is 18.7. The Kier molecular flexibility index (Phi) is 7.11. The number of nitrogens with zero attached hydrogens (tertiary/aromatic N) is 2. The second kappa shape index (κ2) is 10.0. The number of aromatic nitrogens is 1. The Balaban J connectivity index is 1.43. The van der Waals surface area contributed by atoms with Gasteiger partial charge in [0, 0.05) is 29.1 Å². The van der Waals surface area contributed by atoms with Gasteiger partial charge in [0.25, 0.3) is 5.91 Å². The maximum Gasteiger partial charge on any atom is 0.257 e. The van der Waals surface area contributed by atoms with Crippen LogP contribution < -0.4 is 10.1 Å². The van der Waals surface area contributed by atoms with E-state index in [-0.39, 0.29) is 16.8 Å². The zero-order chi connectivity index (χ0) is 23.4. The van der Waals surface area contributed by atoms with E-state index in [0.29, 0.717) is 23.8 Å². The first-order valence-corrected chi connectivity index (χ1v) is 13.3. The van der Waals surface area contributed by atoms with E-state index < -0.39 is 10.0 Å². The second-order valence-electron chi connectivity index (χ2n) is 7.93. The maximum atomic E-state index is 13.0. The summed E-state index contributed by atoms with van der Waals surface area (Å²) in [5.41, 5.74) is 2.06. The molecule has 1 amide bonds. The van der Waals surface area contributed by atoms with E-state index in [9.17, 15) is 13.2 Å². The molecule has 2 heterocycles. The topological polar surface area (TPSA) is 88.6 Å². The average Bonchev–Trinajstić information content (AvgIpc) is 3.28. The summed E-state index contributed by atoms with van der Waals surface area (Å²) in [4.78, 5) is 17.4. The van der Waals surface area contributed by atoms with Gasteiger partial charge in [-0.15, -0.1) is 11.3 Å². The fraction of sp³-hybridized carbons (Fsp3) is 0.333. The van der Waals surface area contributed by atoms with E-state index in [2.05, 4.69) is 10.3 Å². The predicted molar refractivity (Wildman–Crippen MR) is 130 cm³/mol. The van der Waals surface area contributed by atoms with Gasteiger partial charge in [0.15, 0.2) is 5.13 Å². The SMILES string of the molecule is CCOc1ccc(-c2csc(NC(=O)c3ccc(S(=O)(=O)N4CCCCC4C)cc3)n2)cc1. The van der Waals surface area contributed by atoms with Crippen molar-refractivity contribution in [1.29, 1.82) is 0 Å². The molecule has 33 heavy (non-hydrogen) atoms. The quantitative estimate of drug-likeness (QED) is 0.507. The first kappa shape index (κ1) is 23.4. The number of benzene rings is 2. The largest absolute Gasteiger partial charge is 0.494 e. The summed E-state index contributed by atoms with van der Waals surface area (Å²) in [5, 5.41) is 5.14. The molecule has 0 radical (unpaired) electrons. The number of anilines is 1. The van der Waals surface area contributed by atoms with Gasteiger partial charge in [-0.25, -0.2) is 13.4 Å². The lowest BCUT2D eigenvalue weighted by atomic mass is 10.1. The second-order valence-corrected chi connectivity index (χ2v) is 10.7. The Morgan fingerprint density at radius 2 is 1.88 bits per heavy atom. The van der Waals surface area contributed by atoms with Gasteiger partial charge in [-0.3, -0.25) is 10.1 Å². The number of nitrogens with one attached hydrogen (secondary N) is 1. The van der Waals surface area contributed by atoms with Crippen molar-refractivity contribution in [3.05, 3.63) is 59.5 Å². The molecule has 0 spiro atoms. The summed E-state index contributed by atoms with van der Waals surface area (Å²) >= 11 is 1.33. The molecule has 1 fully saturated rings. The van der Waals surface area contributed by atoms with Crippen LogP contribution in [0.2, 0.25) is 0 Å². The molecule has 1 aromatic heterocycles. The zero-order valence-corrected chi connectivity index (χ0v) is 20.3. The molecule has 1 aliphatic rings. The van der Waals surface area contributed by atoms with Crippen LogP contribution in [0.25, 0.3) is 11.3 Å². The highest BCUT2D eigenvalue weighted by Gasteiger charge is 2.30. The van der Waals surface area contributed by atoms with Crippen molar-refractivity contribution in [2.24, 2.45) is 0 Å². The van der Waals surface area contributed by atoms with E-state index in [1.165, 1.54) is 35.6 Å². The highest BCUT2D eigenvalue weighted by atomic mass is 32.2. The first-order chi connectivity index (χ1) is 15.9. The maximum absolute atomic E-state index is 13.0. The van der Waals surface area contributed by atoms with Gasteiger partial charge in [0.05, 0.1) is 17.2 Å². The van der Waals surface area contributed by atoms with E-state index in [1.54, 1.807) is 4.31 Å². The minimum Gasteiger partial charge on any atom is -0.494 e. The molecule has 174 valence electrons. The van der Waals surface area contributed by atoms with Crippen molar-refractivity contribution >= 4 is 32.4 Å². The molecule has 0 aliphatic carbocycles. The van der Waals surface area contributed by atoms with E-state index in [4.69, 9.17) is 4.74 Å². The summed E-state index contributed by atoms with van der Waals surface area (Å²) in [6, 6.07) is 13.7. The third-order valence-corrected chi connectivity index (χ3v) is 8.44. The number of hydrogen-bond acceptors (Lipinski definition) is 6. The third kappa shape index (κ3) is 5.26. The van der Waals surface area contributed by atoms with E-state index >= 15 is 0 Å². The van der Waals surface area contributed by atoms with Crippen LogP contribution in [0.4, 0.5) is 5.13 Å². The summed E-state index contributed by atoms with van der Waals surface area (Å²) in [6.45, 7) is 5.02. The number of carbonyl (C=O) groups is 1. The molecule has 3 aromatic rings. The van der Waals surface area contributed by atoms with Gasteiger partial charge in [-0.2, -0.15) is 4.31 Å². The lowest BCUT2D eigenvalue weighted by Gasteiger charge is -2.32. The fourth-order valence-corrected chi connectivity index (χ4v) is 6.28. The van der Waals surface area contributed by atoms with Crippen LogP contribution in [0, 0.1) is 0 Å². The van der Waals surface area contributed by atoms with Crippen molar-refractivity contribution in [2.75, 3.05) is 18.5 Å². The molecule has 1 aliphatic heterocycles. The molecule has 1 N–H and O–H groups in total. The highest BCUT2D eigenvalue weighted by Crippen LogP contribution is 2.28. The van der Waals surface area contributed by atoms with E-state index in [1.807, 2.05) is 43.5 Å². The average molecular weight is 486 g/mol. The molecule has 0 saturated carbocycles. The number of ether oxygens (including phenoxy) is 1. The summed E-state index contributed by atoms with van der Waals surface area (Å²) in [7, 11) is -3.56. The first-order valence-electron chi connectivity index (χ1n) is 11.0. The highest BCUT2D eigenvalue weighted by molar-refractivity contribution is 7.89. The molecule has 1 unspecified atom stereocenters. The number of amides is 1. The van der Waals surface area contributed by atoms with Crippen LogP contribution in [-0.4, -0.2) is 42.8 Å². The minimum absolute atomic E-state index is 0.0128. The van der Waals surface area contributed by atoms with Crippen LogP contribution >= 0.6 is 11.3 Å².